The second-order valence-electron chi connectivity index (χ2n) is 7.10. The molecule has 0 N–H and O–H groups in total. The van der Waals surface area contributed by atoms with Crippen molar-refractivity contribution in [2.45, 2.75) is 45.6 Å². The van der Waals surface area contributed by atoms with Crippen LogP contribution in [0.1, 0.15) is 50.1 Å². The number of carbonyl (C=O) groups excluding carboxylic acids is 1. The molecule has 0 bridgehead atoms. The van der Waals surface area contributed by atoms with Crippen LogP contribution in [-0.4, -0.2) is 22.3 Å². The number of oxazole rings is 1. The van der Waals surface area contributed by atoms with E-state index in [1.54, 1.807) is 0 Å². The summed E-state index contributed by atoms with van der Waals surface area (Å²) in [4.78, 5) is 19.0. The van der Waals surface area contributed by atoms with Gasteiger partial charge in [-0.25, -0.2) is 4.98 Å². The quantitative estimate of drug-likeness (QED) is 0.645. The number of fused-ring (bicyclic) bond motifs is 1. The standard InChI is InChI=1S/C22H24N2O2/c1-3-6-21(25)24-12-5-9-19(24)22-23-18-14-17(10-11-20(18)26-22)16-8-4-7-15(2)13-16/h4,7-8,10-11,13-14,19H,3,5-6,9,12H2,1-2H3. The number of likely N-dealkylation sites (tertiary alicyclic amines) is 1. The second-order valence-corrected chi connectivity index (χ2v) is 7.10. The minimum atomic E-state index is -0.0242. The Kier molecular flexibility index (Phi) is 4.49. The van der Waals surface area contributed by atoms with Crippen molar-refractivity contribution in [3.63, 3.8) is 0 Å². The maximum atomic E-state index is 12.4. The molecule has 1 saturated heterocycles. The summed E-state index contributed by atoms with van der Waals surface area (Å²) < 4.78 is 6.02. The monoisotopic (exact) mass is 348 g/mol. The summed E-state index contributed by atoms with van der Waals surface area (Å²) in [6.45, 7) is 4.93. The molecule has 3 aromatic rings. The molecule has 1 unspecified atom stereocenters. The van der Waals surface area contributed by atoms with E-state index in [0.29, 0.717) is 12.3 Å². The molecule has 0 spiro atoms. The molecule has 1 atom stereocenters. The summed E-state index contributed by atoms with van der Waals surface area (Å²) in [6, 6.07) is 14.5. The maximum Gasteiger partial charge on any atom is 0.223 e. The van der Waals surface area contributed by atoms with Gasteiger partial charge in [0.2, 0.25) is 11.8 Å². The van der Waals surface area contributed by atoms with Gasteiger partial charge < -0.3 is 9.32 Å². The van der Waals surface area contributed by atoms with Gasteiger partial charge in [0.05, 0.1) is 0 Å². The first-order chi connectivity index (χ1) is 12.7. The third-order valence-corrected chi connectivity index (χ3v) is 5.08. The summed E-state index contributed by atoms with van der Waals surface area (Å²) in [5.74, 6) is 0.876. The first-order valence-electron chi connectivity index (χ1n) is 9.42. The molecular formula is C22H24N2O2. The Morgan fingerprint density at radius 2 is 2.08 bits per heavy atom. The summed E-state index contributed by atoms with van der Waals surface area (Å²) in [6.07, 6.45) is 3.39. The van der Waals surface area contributed by atoms with Gasteiger partial charge in [-0.3, -0.25) is 4.79 Å². The van der Waals surface area contributed by atoms with Crippen LogP contribution in [0.15, 0.2) is 46.9 Å². The average molecular weight is 348 g/mol. The molecule has 4 heteroatoms. The number of hydrogen-bond acceptors (Lipinski definition) is 3. The molecule has 134 valence electrons. The molecule has 4 nitrogen and oxygen atoms in total. The van der Waals surface area contributed by atoms with Gasteiger partial charge in [-0.15, -0.1) is 0 Å². The van der Waals surface area contributed by atoms with Gasteiger partial charge in [-0.2, -0.15) is 0 Å². The number of amides is 1. The van der Waals surface area contributed by atoms with Gasteiger partial charge in [0.15, 0.2) is 5.58 Å². The molecule has 1 fully saturated rings. The lowest BCUT2D eigenvalue weighted by Gasteiger charge is -2.21. The molecule has 2 aromatic carbocycles. The number of benzene rings is 2. The molecule has 0 aliphatic carbocycles. The Morgan fingerprint density at radius 3 is 2.88 bits per heavy atom. The van der Waals surface area contributed by atoms with Crippen molar-refractivity contribution >= 4 is 17.0 Å². The van der Waals surface area contributed by atoms with E-state index < -0.39 is 0 Å². The zero-order chi connectivity index (χ0) is 18.1. The van der Waals surface area contributed by atoms with Crippen LogP contribution in [0.3, 0.4) is 0 Å². The number of hydrogen-bond donors (Lipinski definition) is 0. The average Bonchev–Trinajstić information content (AvgIpc) is 3.27. The van der Waals surface area contributed by atoms with Gasteiger partial charge in [-0.1, -0.05) is 42.8 Å². The van der Waals surface area contributed by atoms with E-state index in [-0.39, 0.29) is 11.9 Å². The molecular weight excluding hydrogens is 324 g/mol. The molecule has 1 aliphatic rings. The van der Waals surface area contributed by atoms with Crippen molar-refractivity contribution in [1.82, 2.24) is 9.88 Å². The van der Waals surface area contributed by atoms with Crippen LogP contribution in [0.25, 0.3) is 22.2 Å². The van der Waals surface area contributed by atoms with E-state index in [1.807, 2.05) is 17.9 Å². The largest absolute Gasteiger partial charge is 0.438 e. The molecule has 4 rings (SSSR count). The second kappa shape index (κ2) is 6.94. The van der Waals surface area contributed by atoms with Crippen molar-refractivity contribution in [3.05, 3.63) is 53.9 Å². The van der Waals surface area contributed by atoms with Gasteiger partial charge in [0.25, 0.3) is 0 Å². The van der Waals surface area contributed by atoms with E-state index in [2.05, 4.69) is 43.3 Å². The first kappa shape index (κ1) is 16.8. The van der Waals surface area contributed by atoms with Gasteiger partial charge in [0, 0.05) is 13.0 Å². The number of aromatic nitrogens is 1. The molecule has 1 aliphatic heterocycles. The van der Waals surface area contributed by atoms with Crippen LogP contribution in [0.4, 0.5) is 0 Å². The Hall–Kier alpha value is -2.62. The maximum absolute atomic E-state index is 12.4. The number of carbonyl (C=O) groups is 1. The number of nitrogens with zero attached hydrogens (tertiary/aromatic N) is 2. The Bertz CT molecular complexity index is 944. The summed E-state index contributed by atoms with van der Waals surface area (Å²) in [5, 5.41) is 0. The first-order valence-corrected chi connectivity index (χ1v) is 9.42. The molecule has 26 heavy (non-hydrogen) atoms. The number of aryl methyl sites for hydroxylation is 1. The zero-order valence-electron chi connectivity index (χ0n) is 15.4. The predicted octanol–water partition coefficient (Wildman–Crippen LogP) is 5.27. The Balaban J connectivity index is 1.66. The lowest BCUT2D eigenvalue weighted by atomic mass is 10.0. The van der Waals surface area contributed by atoms with E-state index in [4.69, 9.17) is 9.40 Å². The highest BCUT2D eigenvalue weighted by atomic mass is 16.3. The summed E-state index contributed by atoms with van der Waals surface area (Å²) in [5.41, 5.74) is 5.18. The van der Waals surface area contributed by atoms with E-state index in [1.165, 1.54) is 11.1 Å². The van der Waals surface area contributed by atoms with E-state index in [0.717, 1.165) is 42.5 Å². The number of rotatable bonds is 4. The van der Waals surface area contributed by atoms with Crippen LogP contribution in [0.2, 0.25) is 0 Å². The lowest BCUT2D eigenvalue weighted by molar-refractivity contribution is -0.132. The lowest BCUT2D eigenvalue weighted by Crippen LogP contribution is -2.30. The van der Waals surface area contributed by atoms with Crippen LogP contribution in [-0.2, 0) is 4.79 Å². The van der Waals surface area contributed by atoms with Crippen molar-refractivity contribution < 1.29 is 9.21 Å². The minimum absolute atomic E-state index is 0.0242. The fourth-order valence-corrected chi connectivity index (χ4v) is 3.77. The normalized spacial score (nSPS) is 17.2. The van der Waals surface area contributed by atoms with E-state index >= 15 is 0 Å². The Morgan fingerprint density at radius 1 is 1.23 bits per heavy atom. The third kappa shape index (κ3) is 3.12. The van der Waals surface area contributed by atoms with Crippen molar-refractivity contribution in [2.24, 2.45) is 0 Å². The van der Waals surface area contributed by atoms with Crippen LogP contribution >= 0.6 is 0 Å². The Labute approximate surface area is 153 Å². The SMILES string of the molecule is CCCC(=O)N1CCCC1c1nc2cc(-c3cccc(C)c3)ccc2o1. The van der Waals surface area contributed by atoms with E-state index in [9.17, 15) is 4.79 Å². The van der Waals surface area contributed by atoms with Crippen LogP contribution in [0.5, 0.6) is 0 Å². The van der Waals surface area contributed by atoms with Crippen molar-refractivity contribution in [2.75, 3.05) is 6.54 Å². The zero-order valence-corrected chi connectivity index (χ0v) is 15.4. The highest BCUT2D eigenvalue weighted by molar-refractivity contribution is 5.81. The van der Waals surface area contributed by atoms with Crippen LogP contribution in [0, 0.1) is 6.92 Å². The van der Waals surface area contributed by atoms with Gasteiger partial charge >= 0.3 is 0 Å². The summed E-state index contributed by atoms with van der Waals surface area (Å²) >= 11 is 0. The highest BCUT2D eigenvalue weighted by Gasteiger charge is 2.32. The summed E-state index contributed by atoms with van der Waals surface area (Å²) in [7, 11) is 0. The van der Waals surface area contributed by atoms with Crippen molar-refractivity contribution in [1.29, 1.82) is 0 Å². The molecule has 0 radical (unpaired) electrons. The predicted molar refractivity (Wildman–Crippen MR) is 103 cm³/mol. The fourth-order valence-electron chi connectivity index (χ4n) is 3.77. The molecule has 0 saturated carbocycles. The van der Waals surface area contributed by atoms with Gasteiger partial charge in [0.1, 0.15) is 11.6 Å². The van der Waals surface area contributed by atoms with Crippen LogP contribution < -0.4 is 0 Å². The molecule has 2 heterocycles. The van der Waals surface area contributed by atoms with Gasteiger partial charge in [-0.05, 0) is 49.4 Å². The smallest absolute Gasteiger partial charge is 0.223 e. The van der Waals surface area contributed by atoms with Crippen molar-refractivity contribution in [3.8, 4) is 11.1 Å². The third-order valence-electron chi connectivity index (χ3n) is 5.08. The molecule has 1 amide bonds. The highest BCUT2D eigenvalue weighted by Crippen LogP contribution is 2.34. The topological polar surface area (TPSA) is 46.3 Å². The fraction of sp³-hybridized carbons (Fsp3) is 0.364. The minimum Gasteiger partial charge on any atom is -0.438 e. The molecule has 1 aromatic heterocycles.